The second kappa shape index (κ2) is 12.7. The van der Waals surface area contributed by atoms with Gasteiger partial charge in [0, 0.05) is 42.9 Å². The molecule has 0 spiro atoms. The fraction of sp³-hybridized carbons (Fsp3) is 0.462. The molecule has 10 heteroatoms. The van der Waals surface area contributed by atoms with Crippen LogP contribution in [-0.4, -0.2) is 56.5 Å². The lowest BCUT2D eigenvalue weighted by Gasteiger charge is -2.38. The number of carbonyl (C=O) groups is 3. The Hall–Kier alpha value is -2.49. The number of Topliss-reactive ketones (excluding diaryl/α,β-unsaturated/α-hetero) is 1. The molecule has 2 aromatic rings. The standard InChI is InChI=1S/C26H30FN3O4S.ClH/c1-3-34-26(33)20-14-28-30(16-20)13-10-19-15-29(12-11-23(19)35-17(2)31)24(25(32)18-8-9-18)21-6-4-5-7-22(21)27;/h4-7,10,14,16,18,23-24H,3,8-9,11-13,15H2,1-2H3;1H/b19-10+;. The second-order valence-corrected chi connectivity index (χ2v) is 10.3. The van der Waals surface area contributed by atoms with Crippen LogP contribution in [0.4, 0.5) is 4.39 Å². The number of piperidine rings is 1. The summed E-state index contributed by atoms with van der Waals surface area (Å²) in [6, 6.07) is 5.85. The minimum Gasteiger partial charge on any atom is -0.462 e. The minimum absolute atomic E-state index is 0. The van der Waals surface area contributed by atoms with E-state index in [0.717, 1.165) is 18.4 Å². The Labute approximate surface area is 220 Å². The first-order valence-corrected chi connectivity index (χ1v) is 12.8. The topological polar surface area (TPSA) is 81.5 Å². The van der Waals surface area contributed by atoms with Crippen molar-refractivity contribution < 1.29 is 23.5 Å². The molecular weight excluding hydrogens is 505 g/mol. The monoisotopic (exact) mass is 535 g/mol. The van der Waals surface area contributed by atoms with Crippen molar-refractivity contribution in [2.75, 3.05) is 19.7 Å². The number of allylic oxidation sites excluding steroid dienone is 1. The molecule has 1 aromatic carbocycles. The van der Waals surface area contributed by atoms with Gasteiger partial charge in [0.2, 0.25) is 0 Å². The number of benzene rings is 1. The van der Waals surface area contributed by atoms with E-state index in [4.69, 9.17) is 4.74 Å². The van der Waals surface area contributed by atoms with E-state index < -0.39 is 12.0 Å². The van der Waals surface area contributed by atoms with Gasteiger partial charge in [0.25, 0.3) is 0 Å². The fourth-order valence-corrected chi connectivity index (χ4v) is 5.39. The normalized spacial score (nSPS) is 20.0. The molecule has 4 rings (SSSR count). The largest absolute Gasteiger partial charge is 0.462 e. The number of likely N-dealkylation sites (tertiary alicyclic amines) is 1. The molecular formula is C26H31ClFN3O4S. The Balaban J connectivity index is 0.00000361. The molecule has 0 bridgehead atoms. The van der Waals surface area contributed by atoms with Crippen molar-refractivity contribution in [1.29, 1.82) is 0 Å². The molecule has 0 radical (unpaired) electrons. The van der Waals surface area contributed by atoms with Crippen molar-refractivity contribution in [2.45, 2.75) is 50.9 Å². The number of hydrogen-bond acceptors (Lipinski definition) is 7. The summed E-state index contributed by atoms with van der Waals surface area (Å²) in [5.41, 5.74) is 1.78. The maximum absolute atomic E-state index is 14.8. The number of halogens is 2. The summed E-state index contributed by atoms with van der Waals surface area (Å²) in [6.45, 7) is 5.03. The highest BCUT2D eigenvalue weighted by Gasteiger charge is 2.41. The first-order valence-electron chi connectivity index (χ1n) is 11.9. The molecule has 1 aromatic heterocycles. The highest BCUT2D eigenvalue weighted by Crippen LogP contribution is 2.40. The SMILES string of the molecule is CCOC(=O)c1cnn(C/C=C2\CN(C(C(=O)C3CC3)c3ccccc3F)CCC2SC(C)=O)c1.Cl. The molecule has 2 heterocycles. The second-order valence-electron chi connectivity index (χ2n) is 8.91. The Kier molecular flexibility index (Phi) is 9.87. The molecule has 2 atom stereocenters. The summed E-state index contributed by atoms with van der Waals surface area (Å²) in [6.07, 6.45) is 7.47. The van der Waals surface area contributed by atoms with Gasteiger partial charge < -0.3 is 4.74 Å². The predicted octanol–water partition coefficient (Wildman–Crippen LogP) is 4.62. The number of aromatic nitrogens is 2. The zero-order valence-corrected chi connectivity index (χ0v) is 22.0. The number of rotatable bonds is 9. The van der Waals surface area contributed by atoms with Gasteiger partial charge in [-0.25, -0.2) is 9.18 Å². The summed E-state index contributed by atoms with van der Waals surface area (Å²) in [4.78, 5) is 39.2. The number of ketones is 1. The molecule has 1 saturated carbocycles. The Bertz CT molecular complexity index is 1130. The van der Waals surface area contributed by atoms with Gasteiger partial charge >= 0.3 is 5.97 Å². The summed E-state index contributed by atoms with van der Waals surface area (Å²) >= 11 is 1.28. The molecule has 36 heavy (non-hydrogen) atoms. The number of ether oxygens (including phenoxy) is 1. The van der Waals surface area contributed by atoms with Crippen molar-refractivity contribution in [3.05, 3.63) is 65.3 Å². The van der Waals surface area contributed by atoms with E-state index >= 15 is 0 Å². The Morgan fingerprint density at radius 3 is 2.67 bits per heavy atom. The molecule has 1 aliphatic carbocycles. The molecule has 194 valence electrons. The minimum atomic E-state index is -0.643. The third-order valence-corrected chi connectivity index (χ3v) is 7.44. The maximum atomic E-state index is 14.8. The lowest BCUT2D eigenvalue weighted by molar-refractivity contribution is -0.126. The van der Waals surface area contributed by atoms with Crippen LogP contribution in [0.5, 0.6) is 0 Å². The molecule has 7 nitrogen and oxygen atoms in total. The van der Waals surface area contributed by atoms with E-state index in [-0.39, 0.29) is 46.9 Å². The van der Waals surface area contributed by atoms with Crippen LogP contribution in [0.25, 0.3) is 0 Å². The van der Waals surface area contributed by atoms with E-state index in [0.29, 0.717) is 37.2 Å². The molecule has 2 fully saturated rings. The first-order chi connectivity index (χ1) is 16.9. The van der Waals surface area contributed by atoms with Gasteiger partial charge in [-0.3, -0.25) is 19.2 Å². The van der Waals surface area contributed by atoms with Crippen molar-refractivity contribution in [2.24, 2.45) is 5.92 Å². The van der Waals surface area contributed by atoms with Crippen LogP contribution < -0.4 is 0 Å². The molecule has 2 unspecified atom stereocenters. The van der Waals surface area contributed by atoms with Gasteiger partial charge in [-0.2, -0.15) is 5.10 Å². The van der Waals surface area contributed by atoms with Crippen LogP contribution >= 0.6 is 24.2 Å². The van der Waals surface area contributed by atoms with E-state index in [1.165, 1.54) is 24.0 Å². The van der Waals surface area contributed by atoms with E-state index in [9.17, 15) is 18.8 Å². The number of esters is 1. The summed E-state index contributed by atoms with van der Waals surface area (Å²) < 4.78 is 21.4. The highest BCUT2D eigenvalue weighted by atomic mass is 35.5. The zero-order valence-electron chi connectivity index (χ0n) is 20.4. The van der Waals surface area contributed by atoms with Gasteiger partial charge in [0.15, 0.2) is 10.9 Å². The number of nitrogens with zero attached hydrogens (tertiary/aromatic N) is 3. The predicted molar refractivity (Wildman–Crippen MR) is 139 cm³/mol. The Morgan fingerprint density at radius 1 is 1.25 bits per heavy atom. The highest BCUT2D eigenvalue weighted by molar-refractivity contribution is 8.14. The van der Waals surface area contributed by atoms with Crippen LogP contribution in [-0.2, 0) is 20.9 Å². The molecule has 1 aliphatic heterocycles. The maximum Gasteiger partial charge on any atom is 0.341 e. The summed E-state index contributed by atoms with van der Waals surface area (Å²) in [7, 11) is 0. The van der Waals surface area contributed by atoms with Gasteiger partial charge in [0.1, 0.15) is 5.82 Å². The van der Waals surface area contributed by atoms with Crippen LogP contribution in [0.3, 0.4) is 0 Å². The molecule has 0 N–H and O–H groups in total. The van der Waals surface area contributed by atoms with Crippen molar-refractivity contribution in [1.82, 2.24) is 14.7 Å². The van der Waals surface area contributed by atoms with Crippen LogP contribution in [0.15, 0.2) is 48.3 Å². The van der Waals surface area contributed by atoms with Gasteiger partial charge in [0.05, 0.1) is 31.0 Å². The van der Waals surface area contributed by atoms with Gasteiger partial charge in [-0.1, -0.05) is 36.0 Å². The lowest BCUT2D eigenvalue weighted by Crippen LogP contribution is -2.43. The molecule has 2 aliphatic rings. The average Bonchev–Trinajstić information content (AvgIpc) is 3.57. The molecule has 0 amide bonds. The number of carbonyl (C=O) groups excluding carboxylic acids is 3. The van der Waals surface area contributed by atoms with Crippen molar-refractivity contribution in [3.63, 3.8) is 0 Å². The third kappa shape index (κ3) is 6.83. The average molecular weight is 536 g/mol. The zero-order chi connectivity index (χ0) is 24.9. The summed E-state index contributed by atoms with van der Waals surface area (Å²) in [5, 5.41) is 4.24. The van der Waals surface area contributed by atoms with Gasteiger partial charge in [-0.05, 0) is 37.8 Å². The first kappa shape index (κ1) is 28.1. The van der Waals surface area contributed by atoms with Crippen LogP contribution in [0.1, 0.15) is 55.1 Å². The number of thioether (sulfide) groups is 1. The van der Waals surface area contributed by atoms with Crippen LogP contribution in [0.2, 0.25) is 0 Å². The van der Waals surface area contributed by atoms with Gasteiger partial charge in [-0.15, -0.1) is 12.4 Å². The molecule has 1 saturated heterocycles. The van der Waals surface area contributed by atoms with E-state index in [2.05, 4.69) is 5.10 Å². The third-order valence-electron chi connectivity index (χ3n) is 6.29. The fourth-order valence-electron chi connectivity index (χ4n) is 4.45. The summed E-state index contributed by atoms with van der Waals surface area (Å²) in [5.74, 6) is -0.744. The quantitative estimate of drug-likeness (QED) is 0.342. The van der Waals surface area contributed by atoms with Crippen LogP contribution in [0, 0.1) is 11.7 Å². The smallest absolute Gasteiger partial charge is 0.341 e. The Morgan fingerprint density at radius 2 is 2.00 bits per heavy atom. The lowest BCUT2D eigenvalue weighted by atomic mass is 9.93. The van der Waals surface area contributed by atoms with Crippen molar-refractivity contribution in [3.8, 4) is 0 Å². The van der Waals surface area contributed by atoms with E-state index in [1.807, 2.05) is 11.0 Å². The van der Waals surface area contributed by atoms with E-state index in [1.54, 1.807) is 42.9 Å². The van der Waals surface area contributed by atoms with Crippen molar-refractivity contribution >= 4 is 41.0 Å². The number of hydrogen-bond donors (Lipinski definition) is 0.